The Morgan fingerprint density at radius 2 is 1.97 bits per heavy atom. The monoisotopic (exact) mass is 487 g/mol. The molecule has 0 saturated heterocycles. The van der Waals surface area contributed by atoms with Crippen LogP contribution in [-0.4, -0.2) is 50.1 Å². The average Bonchev–Trinajstić information content (AvgIpc) is 3.19. The minimum atomic E-state index is -3.61. The third-order valence-corrected chi connectivity index (χ3v) is 7.42. The van der Waals surface area contributed by atoms with Crippen LogP contribution < -0.4 is 9.61 Å². The third-order valence-electron chi connectivity index (χ3n) is 5.64. The van der Waals surface area contributed by atoms with E-state index in [1.807, 2.05) is 24.5 Å². The lowest BCUT2D eigenvalue weighted by atomic mass is 9.96. The fourth-order valence-corrected chi connectivity index (χ4v) is 5.32. The van der Waals surface area contributed by atoms with E-state index in [4.69, 9.17) is 14.0 Å². The average molecular weight is 487 g/mol. The lowest BCUT2D eigenvalue weighted by molar-refractivity contribution is -0.154. The van der Waals surface area contributed by atoms with Crippen LogP contribution in [0, 0.1) is 6.92 Å². The molecule has 0 radical (unpaired) electrons. The van der Waals surface area contributed by atoms with E-state index in [0.29, 0.717) is 17.9 Å². The lowest BCUT2D eigenvalue weighted by Gasteiger charge is -2.28. The number of nitrogens with zero attached hydrogens (tertiary/aromatic N) is 4. The molecule has 0 spiro atoms. The van der Waals surface area contributed by atoms with Gasteiger partial charge in [-0.05, 0) is 52.2 Å². The van der Waals surface area contributed by atoms with Crippen molar-refractivity contribution in [2.75, 3.05) is 6.35 Å². The van der Waals surface area contributed by atoms with Crippen LogP contribution in [0.25, 0.3) is 11.2 Å². The van der Waals surface area contributed by atoms with Crippen LogP contribution >= 0.6 is 7.52 Å². The number of carbonyl (C=O) groups is 1. The smallest absolute Gasteiger partial charge is 0.342 e. The Balaban J connectivity index is 1.42. The van der Waals surface area contributed by atoms with Crippen LogP contribution in [0.2, 0.25) is 0 Å². The zero-order chi connectivity index (χ0) is 24.1. The van der Waals surface area contributed by atoms with Crippen LogP contribution in [-0.2, 0) is 25.4 Å². The summed E-state index contributed by atoms with van der Waals surface area (Å²) in [6, 6.07) is 8.00. The molecule has 0 unspecified atom stereocenters. The second-order valence-corrected chi connectivity index (χ2v) is 10.6. The Morgan fingerprint density at radius 1 is 1.21 bits per heavy atom. The summed E-state index contributed by atoms with van der Waals surface area (Å²) >= 11 is 0. The molecular formula is C23H30N5O5P. The van der Waals surface area contributed by atoms with E-state index in [9.17, 15) is 9.36 Å². The number of aromatic nitrogens is 4. The molecule has 2 heterocycles. The number of aryl methyl sites for hydroxylation is 1. The Bertz CT molecular complexity index is 1170. The van der Waals surface area contributed by atoms with Gasteiger partial charge in [-0.1, -0.05) is 18.2 Å². The number of imidazole rings is 1. The summed E-state index contributed by atoms with van der Waals surface area (Å²) in [7, 11) is -3.61. The molecule has 1 saturated carbocycles. The second-order valence-electron chi connectivity index (χ2n) is 8.55. The third kappa shape index (κ3) is 6.00. The summed E-state index contributed by atoms with van der Waals surface area (Å²) in [5, 5.41) is 2.84. The van der Waals surface area contributed by atoms with Crippen LogP contribution in [0.5, 0.6) is 5.75 Å². The van der Waals surface area contributed by atoms with Gasteiger partial charge < -0.3 is 18.6 Å². The Kier molecular flexibility index (Phi) is 7.60. The maximum Gasteiger partial charge on any atom is 0.342 e. The predicted molar refractivity (Wildman–Crippen MR) is 126 cm³/mol. The molecule has 0 bridgehead atoms. The molecule has 4 rings (SSSR count). The summed E-state index contributed by atoms with van der Waals surface area (Å²) in [6.45, 7) is 5.80. The van der Waals surface area contributed by atoms with Crippen LogP contribution in [0.1, 0.15) is 38.8 Å². The van der Waals surface area contributed by atoms with Crippen molar-refractivity contribution in [1.29, 1.82) is 0 Å². The van der Waals surface area contributed by atoms with Gasteiger partial charge in [0, 0.05) is 0 Å². The van der Waals surface area contributed by atoms with Crippen LogP contribution in [0.3, 0.4) is 0 Å². The van der Waals surface area contributed by atoms with Gasteiger partial charge in [0.05, 0.1) is 24.7 Å². The topological polar surface area (TPSA) is 117 Å². The summed E-state index contributed by atoms with van der Waals surface area (Å²) < 4.78 is 32.8. The first-order valence-electron chi connectivity index (χ1n) is 11.4. The van der Waals surface area contributed by atoms with Crippen molar-refractivity contribution in [1.82, 2.24) is 24.6 Å². The van der Waals surface area contributed by atoms with E-state index < -0.39 is 19.5 Å². The lowest BCUT2D eigenvalue weighted by Crippen LogP contribution is -2.39. The van der Waals surface area contributed by atoms with E-state index in [1.54, 1.807) is 37.5 Å². The number of para-hydroxylation sites is 1. The van der Waals surface area contributed by atoms with Crippen molar-refractivity contribution in [2.24, 2.45) is 0 Å². The van der Waals surface area contributed by atoms with Gasteiger partial charge in [0.1, 0.15) is 36.1 Å². The molecule has 1 N–H and O–H groups in total. The fourth-order valence-electron chi connectivity index (χ4n) is 3.53. The molecule has 10 nitrogen and oxygen atoms in total. The molecule has 3 aromatic rings. The number of hydrogen-bond acceptors (Lipinski definition) is 8. The largest absolute Gasteiger partial charge is 0.461 e. The summed E-state index contributed by atoms with van der Waals surface area (Å²) in [5.74, 6) is -0.0310. The highest BCUT2D eigenvalue weighted by Gasteiger charge is 2.33. The minimum absolute atomic E-state index is 0.0556. The van der Waals surface area contributed by atoms with Gasteiger partial charge >= 0.3 is 13.5 Å². The first kappa shape index (κ1) is 24.3. The molecule has 34 heavy (non-hydrogen) atoms. The highest BCUT2D eigenvalue weighted by molar-refractivity contribution is 7.57. The molecule has 3 atom stereocenters. The van der Waals surface area contributed by atoms with E-state index in [2.05, 4.69) is 20.0 Å². The van der Waals surface area contributed by atoms with Gasteiger partial charge in [0.25, 0.3) is 0 Å². The van der Waals surface area contributed by atoms with Gasteiger partial charge in [0.2, 0.25) is 0 Å². The van der Waals surface area contributed by atoms with Crippen molar-refractivity contribution in [2.45, 2.75) is 64.8 Å². The van der Waals surface area contributed by atoms with Crippen molar-refractivity contribution in [3.63, 3.8) is 0 Å². The summed E-state index contributed by atoms with van der Waals surface area (Å²) in [5.41, 5.74) is 2.23. The zero-order valence-corrected chi connectivity index (χ0v) is 20.5. The summed E-state index contributed by atoms with van der Waals surface area (Å²) in [6.07, 6.45) is 5.35. The molecule has 182 valence electrons. The predicted octanol–water partition coefficient (Wildman–Crippen LogP) is 3.84. The molecule has 1 aromatic carbocycles. The van der Waals surface area contributed by atoms with Crippen molar-refractivity contribution in [3.8, 4) is 5.75 Å². The maximum atomic E-state index is 13.7. The normalized spacial score (nSPS) is 17.5. The van der Waals surface area contributed by atoms with E-state index in [-0.39, 0.29) is 18.6 Å². The Morgan fingerprint density at radius 3 is 2.68 bits per heavy atom. The quantitative estimate of drug-likeness (QED) is 0.318. The van der Waals surface area contributed by atoms with Gasteiger partial charge in [-0.2, -0.15) is 0 Å². The molecule has 2 aromatic heterocycles. The maximum absolute atomic E-state index is 13.7. The number of ether oxygens (including phenoxy) is 2. The van der Waals surface area contributed by atoms with Crippen LogP contribution in [0.4, 0.5) is 0 Å². The van der Waals surface area contributed by atoms with Crippen LogP contribution in [0.15, 0.2) is 43.0 Å². The van der Waals surface area contributed by atoms with Crippen molar-refractivity contribution in [3.05, 3.63) is 48.7 Å². The summed E-state index contributed by atoms with van der Waals surface area (Å²) in [4.78, 5) is 25.3. The second kappa shape index (κ2) is 10.6. The first-order chi connectivity index (χ1) is 16.3. The number of benzene rings is 1. The highest BCUT2D eigenvalue weighted by Crippen LogP contribution is 2.44. The molecule has 0 amide bonds. The number of rotatable bonds is 11. The first-order valence-corrected chi connectivity index (χ1v) is 13.2. The van der Waals surface area contributed by atoms with Crippen molar-refractivity contribution < 1.29 is 23.4 Å². The van der Waals surface area contributed by atoms with Gasteiger partial charge in [-0.3, -0.25) is 9.36 Å². The number of carbonyl (C=O) groups excluding carboxylic acids is 1. The number of esters is 1. The Labute approximate surface area is 198 Å². The SMILES string of the molecule is Cc1ncnc2c1ncn2C[C@@H](C)OC[P@@](=O)(N[C@@H](C)C(=O)OC1CCC1)Oc1ccccc1. The highest BCUT2D eigenvalue weighted by atomic mass is 31.2. The molecular weight excluding hydrogens is 457 g/mol. The minimum Gasteiger partial charge on any atom is -0.461 e. The Hall–Kier alpha value is -2.81. The van der Waals surface area contributed by atoms with Crippen molar-refractivity contribution >= 4 is 24.7 Å². The molecule has 1 aliphatic rings. The number of nitrogens with one attached hydrogen (secondary N) is 1. The van der Waals surface area contributed by atoms with E-state index in [0.717, 1.165) is 30.5 Å². The zero-order valence-electron chi connectivity index (χ0n) is 19.6. The molecule has 0 aliphatic heterocycles. The molecule has 1 aliphatic carbocycles. The number of fused-ring (bicyclic) bond motifs is 1. The standard InChI is InChI=1S/C23H30N5O5P/c1-16(12-28-14-26-21-17(2)24-13-25-22(21)28)31-15-34(30,33-20-8-5-4-6-9-20)27-18(3)23(29)32-19-10-7-11-19/h4-6,8-9,13-14,16,18-19H,7,10-12,15H2,1-3H3,(H,27,30)/t16-,18+,34+/m1/s1. The molecule has 11 heteroatoms. The van der Waals surface area contributed by atoms with Gasteiger partial charge in [-0.15, -0.1) is 0 Å². The van der Waals surface area contributed by atoms with Gasteiger partial charge in [-0.25, -0.2) is 20.0 Å². The van der Waals surface area contributed by atoms with E-state index in [1.165, 1.54) is 6.33 Å². The molecule has 1 fully saturated rings. The van der Waals surface area contributed by atoms with E-state index >= 15 is 0 Å². The van der Waals surface area contributed by atoms with Gasteiger partial charge in [0.15, 0.2) is 5.65 Å². The number of hydrogen-bond donors (Lipinski definition) is 1. The fraction of sp³-hybridized carbons (Fsp3) is 0.478.